The summed E-state index contributed by atoms with van der Waals surface area (Å²) in [5, 5.41) is 3.31. The highest BCUT2D eigenvalue weighted by Gasteiger charge is 2.43. The average Bonchev–Trinajstić information content (AvgIpc) is 3.28. The molecule has 184 valence electrons. The van der Waals surface area contributed by atoms with Gasteiger partial charge in [0.15, 0.2) is 5.78 Å². The van der Waals surface area contributed by atoms with Crippen LogP contribution in [0.1, 0.15) is 74.0 Å². The fourth-order valence-electron chi connectivity index (χ4n) is 6.22. The molecule has 1 N–H and O–H groups in total. The van der Waals surface area contributed by atoms with Crippen LogP contribution in [-0.2, 0) is 5.41 Å². The second-order valence-electron chi connectivity index (χ2n) is 10.6. The number of carbonyl (C=O) groups is 1. The molecule has 1 aliphatic heterocycles. The van der Waals surface area contributed by atoms with Gasteiger partial charge in [0.05, 0.1) is 33.2 Å². The summed E-state index contributed by atoms with van der Waals surface area (Å²) in [4.78, 5) is 32.8. The van der Waals surface area contributed by atoms with Crippen LogP contribution in [0.3, 0.4) is 0 Å². The number of nitrogens with one attached hydrogen (secondary N) is 1. The third kappa shape index (κ3) is 4.20. The van der Waals surface area contributed by atoms with E-state index in [0.717, 1.165) is 59.2 Å². The van der Waals surface area contributed by atoms with Crippen LogP contribution in [0.4, 0.5) is 17.5 Å². The molecular formula is C27H34N6OS. The van der Waals surface area contributed by atoms with Crippen LogP contribution in [0.2, 0.25) is 0 Å². The summed E-state index contributed by atoms with van der Waals surface area (Å²) < 4.78 is 1.02. The van der Waals surface area contributed by atoms with E-state index in [4.69, 9.17) is 4.98 Å². The van der Waals surface area contributed by atoms with Crippen LogP contribution in [0.5, 0.6) is 0 Å². The van der Waals surface area contributed by atoms with E-state index in [1.54, 1.807) is 11.3 Å². The standard InChI is InChI=1S/C27H34N6OS/c1-18(2)32-12-14-33(15-13-32)19-6-7-22(28-16-19)30-26-29-17-21-24(31-26)23-25(35-21)20(34)8-11-27(23)9-4-3-5-10-27/h6-7,16-18H,3-5,8-15H2,1-2H3,(H,28,29,30,31). The number of hydrogen-bond donors (Lipinski definition) is 1. The Morgan fingerprint density at radius 3 is 2.51 bits per heavy atom. The molecule has 0 radical (unpaired) electrons. The van der Waals surface area contributed by atoms with Crippen molar-refractivity contribution in [2.75, 3.05) is 36.4 Å². The van der Waals surface area contributed by atoms with E-state index in [2.05, 4.69) is 45.0 Å². The molecule has 0 unspecified atom stereocenters. The summed E-state index contributed by atoms with van der Waals surface area (Å²) in [6.07, 6.45) is 11.6. The van der Waals surface area contributed by atoms with Gasteiger partial charge in [-0.05, 0) is 50.7 Å². The van der Waals surface area contributed by atoms with Gasteiger partial charge in [-0.1, -0.05) is 19.3 Å². The lowest BCUT2D eigenvalue weighted by Gasteiger charge is -2.40. The Hall–Kier alpha value is -2.58. The number of carbonyl (C=O) groups excluding carboxylic acids is 1. The second-order valence-corrected chi connectivity index (χ2v) is 11.7. The molecule has 2 aliphatic carbocycles. The molecule has 7 nitrogen and oxygen atoms in total. The number of nitrogens with zero attached hydrogens (tertiary/aromatic N) is 5. The van der Waals surface area contributed by atoms with Gasteiger partial charge in [-0.3, -0.25) is 9.69 Å². The Bertz CT molecular complexity index is 1220. The molecule has 1 spiro atoms. The number of aromatic nitrogens is 3. The third-order valence-electron chi connectivity index (χ3n) is 8.25. The lowest BCUT2D eigenvalue weighted by Crippen LogP contribution is -2.48. The molecule has 6 rings (SSSR count). The highest BCUT2D eigenvalue weighted by atomic mass is 32.1. The number of thiophene rings is 1. The topological polar surface area (TPSA) is 74.2 Å². The maximum Gasteiger partial charge on any atom is 0.228 e. The lowest BCUT2D eigenvalue weighted by molar-refractivity contribution is 0.0945. The zero-order valence-corrected chi connectivity index (χ0v) is 21.5. The van der Waals surface area contributed by atoms with Crippen molar-refractivity contribution >= 4 is 44.8 Å². The molecule has 35 heavy (non-hydrogen) atoms. The third-order valence-corrected chi connectivity index (χ3v) is 9.41. The van der Waals surface area contributed by atoms with Crippen LogP contribution < -0.4 is 10.2 Å². The number of pyridine rings is 1. The summed E-state index contributed by atoms with van der Waals surface area (Å²) in [5.41, 5.74) is 3.45. The number of hydrogen-bond acceptors (Lipinski definition) is 8. The summed E-state index contributed by atoms with van der Waals surface area (Å²) >= 11 is 1.58. The van der Waals surface area contributed by atoms with Crippen LogP contribution in [0.15, 0.2) is 24.5 Å². The first kappa shape index (κ1) is 22.9. The number of piperazine rings is 1. The van der Waals surface area contributed by atoms with Crippen LogP contribution in [-0.4, -0.2) is 57.9 Å². The van der Waals surface area contributed by atoms with Crippen molar-refractivity contribution in [2.24, 2.45) is 0 Å². The molecule has 3 aromatic heterocycles. The van der Waals surface area contributed by atoms with Gasteiger partial charge >= 0.3 is 0 Å². The highest BCUT2D eigenvalue weighted by Crippen LogP contribution is 2.52. The number of anilines is 3. The Labute approximate surface area is 211 Å². The average molecular weight is 491 g/mol. The molecule has 1 saturated carbocycles. The van der Waals surface area contributed by atoms with E-state index < -0.39 is 0 Å². The maximum absolute atomic E-state index is 12.8. The molecule has 3 aromatic rings. The van der Waals surface area contributed by atoms with Gasteiger partial charge in [0.1, 0.15) is 5.82 Å². The number of rotatable bonds is 4. The zero-order chi connectivity index (χ0) is 24.0. The maximum atomic E-state index is 12.8. The molecule has 0 aromatic carbocycles. The molecule has 0 bridgehead atoms. The Morgan fingerprint density at radius 2 is 1.80 bits per heavy atom. The minimum Gasteiger partial charge on any atom is -0.368 e. The van der Waals surface area contributed by atoms with Gasteiger partial charge in [0.2, 0.25) is 5.95 Å². The zero-order valence-electron chi connectivity index (χ0n) is 20.7. The molecule has 2 fully saturated rings. The molecule has 4 heterocycles. The Balaban J connectivity index is 1.24. The largest absolute Gasteiger partial charge is 0.368 e. The van der Waals surface area contributed by atoms with Crippen molar-refractivity contribution in [1.82, 2.24) is 19.9 Å². The summed E-state index contributed by atoms with van der Waals surface area (Å²) in [6, 6.07) is 4.73. The summed E-state index contributed by atoms with van der Waals surface area (Å²) in [7, 11) is 0. The van der Waals surface area contributed by atoms with Gasteiger partial charge < -0.3 is 10.2 Å². The highest BCUT2D eigenvalue weighted by molar-refractivity contribution is 7.21. The van der Waals surface area contributed by atoms with E-state index in [0.29, 0.717) is 18.4 Å². The minimum absolute atomic E-state index is 0.116. The SMILES string of the molecule is CC(C)N1CCN(c2ccc(Nc3ncc4sc5c(c4n3)C3(CCCCC3)CCC5=O)nc2)CC1. The quantitative estimate of drug-likeness (QED) is 0.515. The first-order chi connectivity index (χ1) is 17.0. The van der Waals surface area contributed by atoms with Crippen molar-refractivity contribution in [1.29, 1.82) is 0 Å². The Morgan fingerprint density at radius 1 is 1.00 bits per heavy atom. The van der Waals surface area contributed by atoms with Crippen LogP contribution in [0, 0.1) is 0 Å². The van der Waals surface area contributed by atoms with Gasteiger partial charge in [-0.2, -0.15) is 0 Å². The predicted octanol–water partition coefficient (Wildman–Crippen LogP) is 5.54. The monoisotopic (exact) mass is 490 g/mol. The summed E-state index contributed by atoms with van der Waals surface area (Å²) in [6.45, 7) is 8.74. The van der Waals surface area contributed by atoms with Gasteiger partial charge in [0.25, 0.3) is 0 Å². The molecule has 8 heteroatoms. The normalized spacial score (nSPS) is 20.5. The number of ketones is 1. The van der Waals surface area contributed by atoms with Gasteiger partial charge in [-0.25, -0.2) is 15.0 Å². The fourth-order valence-corrected chi connectivity index (χ4v) is 7.42. The van der Waals surface area contributed by atoms with Crippen LogP contribution in [0.25, 0.3) is 10.2 Å². The second kappa shape index (κ2) is 9.13. The lowest BCUT2D eigenvalue weighted by atomic mass is 9.64. The van der Waals surface area contributed by atoms with E-state index >= 15 is 0 Å². The van der Waals surface area contributed by atoms with Crippen molar-refractivity contribution in [3.05, 3.63) is 35.0 Å². The molecular weight excluding hydrogens is 456 g/mol. The van der Waals surface area contributed by atoms with Gasteiger partial charge in [0, 0.05) is 44.2 Å². The van der Waals surface area contributed by atoms with E-state index in [9.17, 15) is 4.79 Å². The van der Waals surface area contributed by atoms with E-state index in [-0.39, 0.29) is 11.2 Å². The van der Waals surface area contributed by atoms with Crippen LogP contribution >= 0.6 is 11.3 Å². The molecule has 1 saturated heterocycles. The van der Waals surface area contributed by atoms with Crippen molar-refractivity contribution < 1.29 is 4.79 Å². The van der Waals surface area contributed by atoms with Gasteiger partial charge in [-0.15, -0.1) is 11.3 Å². The molecule has 3 aliphatic rings. The van der Waals surface area contributed by atoms with E-state index in [1.165, 1.54) is 37.7 Å². The number of Topliss-reactive ketones (excluding diaryl/α,β-unsaturated/α-hetero) is 1. The smallest absolute Gasteiger partial charge is 0.228 e. The molecule has 0 amide bonds. The van der Waals surface area contributed by atoms with Crippen molar-refractivity contribution in [3.63, 3.8) is 0 Å². The summed E-state index contributed by atoms with van der Waals surface area (Å²) in [5.74, 6) is 1.56. The van der Waals surface area contributed by atoms with E-state index in [1.807, 2.05) is 18.5 Å². The Kier molecular flexibility index (Phi) is 5.96. The first-order valence-electron chi connectivity index (χ1n) is 13.1. The predicted molar refractivity (Wildman–Crippen MR) is 142 cm³/mol. The number of fused-ring (bicyclic) bond motifs is 4. The minimum atomic E-state index is 0.116. The molecule has 0 atom stereocenters. The van der Waals surface area contributed by atoms with Crippen molar-refractivity contribution in [3.8, 4) is 0 Å². The first-order valence-corrected chi connectivity index (χ1v) is 13.9. The van der Waals surface area contributed by atoms with Crippen molar-refractivity contribution in [2.45, 2.75) is 70.3 Å². The fraction of sp³-hybridized carbons (Fsp3) is 0.556.